The van der Waals surface area contributed by atoms with Gasteiger partial charge in [-0.1, -0.05) is 79.7 Å². The maximum atomic E-state index is 12.0. The minimum absolute atomic E-state index is 0.0551. The molecule has 0 spiro atoms. The van der Waals surface area contributed by atoms with Gasteiger partial charge in [-0.3, -0.25) is 9.59 Å². The number of aliphatic hydroxyl groups is 1. The molecular weight excluding hydrogens is 618 g/mol. The van der Waals surface area contributed by atoms with Gasteiger partial charge < -0.3 is 30.1 Å². The highest BCUT2D eigenvalue weighted by Gasteiger charge is 2.38. The van der Waals surface area contributed by atoms with Crippen molar-refractivity contribution < 1.29 is 39.2 Å². The number of aliphatic hydroxyl groups excluding tert-OH is 1. The fraction of sp³-hybridized carbons (Fsp3) is 0.270. The number of benzene rings is 4. The molecule has 1 amide bonds. The van der Waals surface area contributed by atoms with Crippen LogP contribution < -0.4 is 5.32 Å². The lowest BCUT2D eigenvalue weighted by atomic mass is 9.91. The third-order valence-corrected chi connectivity index (χ3v) is 9.28. The van der Waals surface area contributed by atoms with Gasteiger partial charge in [0.25, 0.3) is 0 Å². The van der Waals surface area contributed by atoms with Gasteiger partial charge in [-0.15, -0.1) is 11.8 Å². The van der Waals surface area contributed by atoms with Crippen molar-refractivity contribution in [2.45, 2.75) is 56.3 Å². The number of carbonyl (C=O) groups excluding carboxylic acids is 1. The molecule has 0 radical (unpaired) electrons. The molecule has 4 aromatic carbocycles. The molecular formula is C37H37NO8S. The Hall–Kier alpha value is -4.48. The van der Waals surface area contributed by atoms with Crippen molar-refractivity contribution in [3.63, 3.8) is 0 Å². The van der Waals surface area contributed by atoms with E-state index < -0.39 is 18.2 Å². The van der Waals surface area contributed by atoms with Crippen LogP contribution in [0.2, 0.25) is 0 Å². The Morgan fingerprint density at radius 3 is 2.23 bits per heavy atom. The Morgan fingerprint density at radius 1 is 0.787 bits per heavy atom. The minimum atomic E-state index is -1.01. The topological polar surface area (TPSA) is 142 Å². The van der Waals surface area contributed by atoms with Crippen molar-refractivity contribution in [1.82, 2.24) is 5.32 Å². The maximum absolute atomic E-state index is 12.0. The van der Waals surface area contributed by atoms with Crippen LogP contribution in [-0.4, -0.2) is 45.0 Å². The normalized spacial score (nSPS) is 19.2. The molecule has 1 aliphatic rings. The average molecular weight is 656 g/mol. The fourth-order valence-corrected chi connectivity index (χ4v) is 6.70. The van der Waals surface area contributed by atoms with Gasteiger partial charge in [0.15, 0.2) is 6.29 Å². The number of carboxylic acids is 2. The lowest BCUT2D eigenvalue weighted by Gasteiger charge is -2.41. The van der Waals surface area contributed by atoms with Crippen molar-refractivity contribution in [2.75, 3.05) is 5.75 Å². The van der Waals surface area contributed by atoms with E-state index >= 15 is 0 Å². The van der Waals surface area contributed by atoms with Crippen molar-refractivity contribution in [3.8, 4) is 11.1 Å². The van der Waals surface area contributed by atoms with Gasteiger partial charge >= 0.3 is 11.9 Å². The zero-order chi connectivity index (χ0) is 33.3. The van der Waals surface area contributed by atoms with Crippen LogP contribution in [0.15, 0.2) is 102 Å². The first kappa shape index (κ1) is 33.9. The number of hydrogen-bond donors (Lipinski definition) is 4. The van der Waals surface area contributed by atoms with Crippen molar-refractivity contribution in [1.29, 1.82) is 0 Å². The molecule has 9 nitrogen and oxygen atoms in total. The summed E-state index contributed by atoms with van der Waals surface area (Å²) in [5.74, 6) is -1.87. The number of aliphatic carboxylic acids is 1. The molecule has 4 atom stereocenters. The molecule has 1 heterocycles. The Kier molecular flexibility index (Phi) is 11.4. The fourth-order valence-electron chi connectivity index (χ4n) is 5.49. The Morgan fingerprint density at radius 2 is 1.51 bits per heavy atom. The lowest BCUT2D eigenvalue weighted by Crippen LogP contribution is -2.38. The van der Waals surface area contributed by atoms with Crippen molar-refractivity contribution in [3.05, 3.63) is 125 Å². The maximum Gasteiger partial charge on any atom is 0.336 e. The van der Waals surface area contributed by atoms with Crippen LogP contribution in [0.1, 0.15) is 64.8 Å². The molecule has 5 rings (SSSR count). The first-order valence-electron chi connectivity index (χ1n) is 15.4. The second-order valence-electron chi connectivity index (χ2n) is 11.4. The van der Waals surface area contributed by atoms with E-state index in [9.17, 15) is 24.6 Å². The predicted molar refractivity (Wildman–Crippen MR) is 178 cm³/mol. The van der Waals surface area contributed by atoms with Gasteiger partial charge in [0, 0.05) is 35.1 Å². The molecule has 0 bridgehead atoms. The van der Waals surface area contributed by atoms with Crippen molar-refractivity contribution >= 4 is 29.6 Å². The molecule has 47 heavy (non-hydrogen) atoms. The Balaban J connectivity index is 1.38. The van der Waals surface area contributed by atoms with Crippen LogP contribution in [0.25, 0.3) is 11.1 Å². The molecule has 1 fully saturated rings. The van der Waals surface area contributed by atoms with Gasteiger partial charge in [-0.05, 0) is 52.1 Å². The summed E-state index contributed by atoms with van der Waals surface area (Å²) in [4.78, 5) is 35.3. The quantitative estimate of drug-likeness (QED) is 0.117. The molecule has 0 aliphatic carbocycles. The standard InChI is InChI=1S/C37H37NO8S/c1-23-31(22-47-32-11-3-2-10-30(32)36(43)44)45-37(46-35(23)26-14-12-24(21-39)13-15-26)29-9-5-8-28(19-29)27-7-4-6-25(18-27)20-38-33(40)16-17-34(41)42/h2-15,18-19,23,31,35,37,39H,16-17,20-22H2,1H3,(H,38,40)(H,41,42)(H,43,44)/t23-,31+,35+,37+/m0/s1. The molecule has 4 aromatic rings. The van der Waals surface area contributed by atoms with E-state index in [2.05, 4.69) is 12.2 Å². The Labute approximate surface area is 277 Å². The number of thioether (sulfide) groups is 1. The van der Waals surface area contributed by atoms with Crippen LogP contribution in [0, 0.1) is 5.92 Å². The zero-order valence-electron chi connectivity index (χ0n) is 25.9. The molecule has 10 heteroatoms. The number of ether oxygens (including phenoxy) is 2. The zero-order valence-corrected chi connectivity index (χ0v) is 26.7. The first-order chi connectivity index (χ1) is 22.7. The number of nitrogens with one attached hydrogen (secondary N) is 1. The van der Waals surface area contributed by atoms with Gasteiger partial charge in [0.2, 0.25) is 5.91 Å². The molecule has 244 valence electrons. The van der Waals surface area contributed by atoms with Crippen molar-refractivity contribution in [2.24, 2.45) is 5.92 Å². The van der Waals surface area contributed by atoms with Gasteiger partial charge in [0.1, 0.15) is 0 Å². The van der Waals surface area contributed by atoms with Crippen LogP contribution in [0.3, 0.4) is 0 Å². The van der Waals surface area contributed by atoms with Gasteiger partial charge in [-0.2, -0.15) is 0 Å². The summed E-state index contributed by atoms with van der Waals surface area (Å²) >= 11 is 1.45. The van der Waals surface area contributed by atoms with E-state index in [0.29, 0.717) is 10.6 Å². The molecule has 0 saturated carbocycles. The van der Waals surface area contributed by atoms with E-state index in [4.69, 9.17) is 14.6 Å². The Bertz CT molecular complexity index is 1710. The minimum Gasteiger partial charge on any atom is -0.481 e. The smallest absolute Gasteiger partial charge is 0.336 e. The molecule has 0 unspecified atom stereocenters. The van der Waals surface area contributed by atoms with Gasteiger partial charge in [0.05, 0.1) is 30.8 Å². The molecule has 1 aliphatic heterocycles. The van der Waals surface area contributed by atoms with Crippen LogP contribution in [0.4, 0.5) is 0 Å². The number of rotatable bonds is 13. The number of carbonyl (C=O) groups is 3. The van der Waals surface area contributed by atoms with E-state index in [1.54, 1.807) is 18.2 Å². The summed E-state index contributed by atoms with van der Waals surface area (Å²) in [5, 5.41) is 30.8. The summed E-state index contributed by atoms with van der Waals surface area (Å²) in [6.45, 7) is 2.29. The SMILES string of the molecule is C[C@H]1[C@@H](CSc2ccccc2C(=O)O)O[C@@H](c2cccc(-c3cccc(CNC(=O)CCC(=O)O)c3)c2)O[C@H]1c1ccc(CO)cc1. The lowest BCUT2D eigenvalue weighted by molar-refractivity contribution is -0.268. The summed E-state index contributed by atoms with van der Waals surface area (Å²) in [6, 6.07) is 30.3. The highest BCUT2D eigenvalue weighted by atomic mass is 32.2. The highest BCUT2D eigenvalue weighted by molar-refractivity contribution is 7.99. The van der Waals surface area contributed by atoms with Gasteiger partial charge in [-0.25, -0.2) is 4.79 Å². The number of aromatic carboxylic acids is 1. The number of hydrogen-bond acceptors (Lipinski definition) is 7. The third-order valence-electron chi connectivity index (χ3n) is 8.12. The summed E-state index contributed by atoms with van der Waals surface area (Å²) in [6.07, 6.45) is -1.59. The molecule has 1 saturated heterocycles. The van der Waals surface area contributed by atoms with E-state index in [-0.39, 0.29) is 55.6 Å². The van der Waals surface area contributed by atoms with Crippen LogP contribution in [-0.2, 0) is 32.2 Å². The largest absolute Gasteiger partial charge is 0.481 e. The second kappa shape index (κ2) is 15.9. The predicted octanol–water partition coefficient (Wildman–Crippen LogP) is 6.61. The number of amides is 1. The second-order valence-corrected chi connectivity index (χ2v) is 12.5. The third kappa shape index (κ3) is 8.87. The summed E-state index contributed by atoms with van der Waals surface area (Å²) in [7, 11) is 0. The van der Waals surface area contributed by atoms with Crippen LogP contribution in [0.5, 0.6) is 0 Å². The highest BCUT2D eigenvalue weighted by Crippen LogP contribution is 2.43. The van der Waals surface area contributed by atoms with E-state index in [0.717, 1.165) is 33.4 Å². The van der Waals surface area contributed by atoms with E-state index in [1.807, 2.05) is 78.9 Å². The molecule has 4 N–H and O–H groups in total. The summed E-state index contributed by atoms with van der Waals surface area (Å²) < 4.78 is 13.2. The number of carboxylic acid groups (broad SMARTS) is 2. The summed E-state index contributed by atoms with van der Waals surface area (Å²) in [5.41, 5.74) is 5.56. The average Bonchev–Trinajstić information content (AvgIpc) is 3.09. The van der Waals surface area contributed by atoms with E-state index in [1.165, 1.54) is 11.8 Å². The van der Waals surface area contributed by atoms with Crippen LogP contribution >= 0.6 is 11.8 Å². The monoisotopic (exact) mass is 655 g/mol. The molecule has 0 aromatic heterocycles. The first-order valence-corrected chi connectivity index (χ1v) is 16.3.